The van der Waals surface area contributed by atoms with Crippen molar-refractivity contribution in [2.75, 3.05) is 31.6 Å². The van der Waals surface area contributed by atoms with Crippen LogP contribution in [0.1, 0.15) is 27.7 Å². The molecule has 0 aromatic carbocycles. The van der Waals surface area contributed by atoms with Crippen molar-refractivity contribution in [1.29, 1.82) is 0 Å². The van der Waals surface area contributed by atoms with E-state index in [1.165, 1.54) is 4.90 Å². The smallest absolute Gasteiger partial charge is 0.326 e. The minimum Gasteiger partial charge on any atom is -0.459 e. The van der Waals surface area contributed by atoms with Gasteiger partial charge in [0.1, 0.15) is 12.1 Å². The van der Waals surface area contributed by atoms with Crippen molar-refractivity contribution in [3.63, 3.8) is 0 Å². The highest BCUT2D eigenvalue weighted by atomic mass is 79.9. The molecular weight excluding hydrogens is 302 g/mol. The zero-order chi connectivity index (χ0) is 14.2. The standard InChI is InChI=1S/C12H22BrNO4/c1-5-17-7-6-14(10(15)8-13)9-11(16)18-12(2,3)4/h5-9H2,1-4H3. The van der Waals surface area contributed by atoms with Crippen LogP contribution in [-0.4, -0.2) is 54.0 Å². The number of carbonyl (C=O) groups excluding carboxylic acids is 2. The van der Waals surface area contributed by atoms with Crippen molar-refractivity contribution in [2.24, 2.45) is 0 Å². The second-order valence-corrected chi connectivity index (χ2v) is 5.29. The third kappa shape index (κ3) is 8.47. The zero-order valence-corrected chi connectivity index (χ0v) is 13.1. The highest BCUT2D eigenvalue weighted by Crippen LogP contribution is 2.07. The molecule has 0 aromatic heterocycles. The van der Waals surface area contributed by atoms with Crippen LogP contribution in [0.3, 0.4) is 0 Å². The lowest BCUT2D eigenvalue weighted by Gasteiger charge is -2.24. The van der Waals surface area contributed by atoms with E-state index in [9.17, 15) is 9.59 Å². The first-order valence-corrected chi connectivity index (χ1v) is 7.05. The van der Waals surface area contributed by atoms with Gasteiger partial charge in [0.2, 0.25) is 5.91 Å². The van der Waals surface area contributed by atoms with Gasteiger partial charge in [0.15, 0.2) is 0 Å². The van der Waals surface area contributed by atoms with E-state index < -0.39 is 11.6 Å². The van der Waals surface area contributed by atoms with E-state index in [0.29, 0.717) is 19.8 Å². The van der Waals surface area contributed by atoms with Gasteiger partial charge in [0, 0.05) is 13.2 Å². The van der Waals surface area contributed by atoms with Crippen LogP contribution in [-0.2, 0) is 19.1 Å². The topological polar surface area (TPSA) is 55.8 Å². The van der Waals surface area contributed by atoms with Gasteiger partial charge >= 0.3 is 5.97 Å². The highest BCUT2D eigenvalue weighted by Gasteiger charge is 2.21. The summed E-state index contributed by atoms with van der Waals surface area (Å²) in [5.74, 6) is -0.561. The average molecular weight is 324 g/mol. The van der Waals surface area contributed by atoms with Gasteiger partial charge in [-0.15, -0.1) is 0 Å². The Morgan fingerprint density at radius 2 is 1.89 bits per heavy atom. The number of hydrogen-bond acceptors (Lipinski definition) is 4. The van der Waals surface area contributed by atoms with Crippen LogP contribution < -0.4 is 0 Å². The van der Waals surface area contributed by atoms with Crippen LogP contribution >= 0.6 is 15.9 Å². The molecule has 0 aliphatic carbocycles. The molecule has 106 valence electrons. The van der Waals surface area contributed by atoms with Crippen LogP contribution in [0.2, 0.25) is 0 Å². The Labute approximate surface area is 117 Å². The fraction of sp³-hybridized carbons (Fsp3) is 0.833. The summed E-state index contributed by atoms with van der Waals surface area (Å²) >= 11 is 3.09. The van der Waals surface area contributed by atoms with Crippen LogP contribution in [0.5, 0.6) is 0 Å². The quantitative estimate of drug-likeness (QED) is 0.405. The molecule has 1 amide bonds. The number of amides is 1. The number of nitrogens with zero attached hydrogens (tertiary/aromatic N) is 1. The van der Waals surface area contributed by atoms with Gasteiger partial charge in [-0.25, -0.2) is 0 Å². The van der Waals surface area contributed by atoms with Crippen LogP contribution in [0.25, 0.3) is 0 Å². The first-order chi connectivity index (χ1) is 8.30. The number of hydrogen-bond donors (Lipinski definition) is 0. The summed E-state index contributed by atoms with van der Waals surface area (Å²) in [5, 5.41) is 0.182. The summed E-state index contributed by atoms with van der Waals surface area (Å²) in [7, 11) is 0. The minimum absolute atomic E-state index is 0.0468. The van der Waals surface area contributed by atoms with Crippen molar-refractivity contribution < 1.29 is 19.1 Å². The van der Waals surface area contributed by atoms with Crippen molar-refractivity contribution in [3.05, 3.63) is 0 Å². The Morgan fingerprint density at radius 3 is 2.33 bits per heavy atom. The van der Waals surface area contributed by atoms with Gasteiger partial charge in [-0.05, 0) is 27.7 Å². The molecule has 0 aliphatic rings. The lowest BCUT2D eigenvalue weighted by atomic mass is 10.2. The van der Waals surface area contributed by atoms with E-state index in [1.807, 2.05) is 6.92 Å². The Balaban J connectivity index is 4.31. The van der Waals surface area contributed by atoms with Crippen molar-refractivity contribution in [3.8, 4) is 0 Å². The molecule has 5 nitrogen and oxygen atoms in total. The number of carbonyl (C=O) groups is 2. The third-order valence-electron chi connectivity index (χ3n) is 1.92. The summed E-state index contributed by atoms with van der Waals surface area (Å²) in [6.45, 7) is 8.60. The molecule has 0 radical (unpaired) electrons. The van der Waals surface area contributed by atoms with Gasteiger partial charge in [-0.3, -0.25) is 9.59 Å². The van der Waals surface area contributed by atoms with E-state index in [4.69, 9.17) is 9.47 Å². The molecule has 0 saturated carbocycles. The van der Waals surface area contributed by atoms with Gasteiger partial charge in [0.05, 0.1) is 11.9 Å². The van der Waals surface area contributed by atoms with Gasteiger partial charge in [0.25, 0.3) is 0 Å². The summed E-state index contributed by atoms with van der Waals surface area (Å²) in [6, 6.07) is 0. The van der Waals surface area contributed by atoms with Gasteiger partial charge in [-0.1, -0.05) is 15.9 Å². The summed E-state index contributed by atoms with van der Waals surface area (Å²) in [6.07, 6.45) is 0. The highest BCUT2D eigenvalue weighted by molar-refractivity contribution is 9.09. The van der Waals surface area contributed by atoms with E-state index in [2.05, 4.69) is 15.9 Å². The largest absolute Gasteiger partial charge is 0.459 e. The maximum atomic E-state index is 11.6. The molecular formula is C12H22BrNO4. The normalized spacial score (nSPS) is 11.2. The molecule has 0 bridgehead atoms. The Hall–Kier alpha value is -0.620. The van der Waals surface area contributed by atoms with Crippen molar-refractivity contribution >= 4 is 27.8 Å². The second-order valence-electron chi connectivity index (χ2n) is 4.73. The lowest BCUT2D eigenvalue weighted by molar-refractivity contribution is -0.158. The first-order valence-electron chi connectivity index (χ1n) is 5.93. The Bertz CT molecular complexity index is 276. The van der Waals surface area contributed by atoms with E-state index in [1.54, 1.807) is 20.8 Å². The summed E-state index contributed by atoms with van der Waals surface area (Å²) in [5.41, 5.74) is -0.542. The predicted octanol–water partition coefficient (Wildman–Crippen LogP) is 1.59. The molecule has 0 aliphatic heterocycles. The summed E-state index contributed by atoms with van der Waals surface area (Å²) in [4.78, 5) is 24.7. The third-order valence-corrected chi connectivity index (χ3v) is 2.40. The maximum Gasteiger partial charge on any atom is 0.326 e. The molecule has 0 rings (SSSR count). The van der Waals surface area contributed by atoms with Crippen molar-refractivity contribution in [1.82, 2.24) is 4.90 Å². The molecule has 6 heteroatoms. The van der Waals surface area contributed by atoms with Crippen LogP contribution in [0.4, 0.5) is 0 Å². The summed E-state index contributed by atoms with van der Waals surface area (Å²) < 4.78 is 10.4. The maximum absolute atomic E-state index is 11.6. The molecule has 0 fully saturated rings. The SMILES string of the molecule is CCOCCN(CC(=O)OC(C)(C)C)C(=O)CBr. The molecule has 0 atom stereocenters. The number of rotatable bonds is 7. The molecule has 0 unspecified atom stereocenters. The molecule has 0 spiro atoms. The predicted molar refractivity (Wildman–Crippen MR) is 72.7 cm³/mol. The molecule has 0 aromatic rings. The monoisotopic (exact) mass is 323 g/mol. The molecule has 0 N–H and O–H groups in total. The Morgan fingerprint density at radius 1 is 1.28 bits per heavy atom. The average Bonchev–Trinajstić information content (AvgIpc) is 2.24. The Kier molecular flexibility index (Phi) is 8.18. The van der Waals surface area contributed by atoms with Crippen LogP contribution in [0.15, 0.2) is 0 Å². The van der Waals surface area contributed by atoms with Gasteiger partial charge < -0.3 is 14.4 Å². The lowest BCUT2D eigenvalue weighted by Crippen LogP contribution is -2.41. The molecule has 18 heavy (non-hydrogen) atoms. The number of alkyl halides is 1. The van der Waals surface area contributed by atoms with Gasteiger partial charge in [-0.2, -0.15) is 0 Å². The number of ether oxygens (including phenoxy) is 2. The minimum atomic E-state index is -0.542. The molecule has 0 heterocycles. The van der Waals surface area contributed by atoms with E-state index in [-0.39, 0.29) is 17.8 Å². The number of esters is 1. The zero-order valence-electron chi connectivity index (χ0n) is 11.5. The fourth-order valence-electron chi connectivity index (χ4n) is 1.23. The fourth-order valence-corrected chi connectivity index (χ4v) is 1.58. The number of halogens is 1. The second kappa shape index (κ2) is 8.48. The molecule has 0 saturated heterocycles. The van der Waals surface area contributed by atoms with E-state index >= 15 is 0 Å². The first kappa shape index (κ1) is 17.4. The van der Waals surface area contributed by atoms with E-state index in [0.717, 1.165) is 0 Å². The van der Waals surface area contributed by atoms with Crippen molar-refractivity contribution in [2.45, 2.75) is 33.3 Å². The van der Waals surface area contributed by atoms with Crippen LogP contribution in [0, 0.1) is 0 Å².